The number of rotatable bonds is 6. The molecule has 0 aliphatic heterocycles. The molecule has 1 aromatic carbocycles. The number of hydrogen-bond acceptors (Lipinski definition) is 4. The topological polar surface area (TPSA) is 77.9 Å². The molecule has 4 aromatic rings. The molecule has 0 aliphatic rings. The highest BCUT2D eigenvalue weighted by atomic mass is 35.5. The summed E-state index contributed by atoms with van der Waals surface area (Å²) in [5, 5.41) is 11.7. The average molecular weight is 478 g/mol. The van der Waals surface area contributed by atoms with Gasteiger partial charge < -0.3 is 9.73 Å². The molecule has 0 saturated carbocycles. The molecule has 0 aliphatic carbocycles. The van der Waals surface area contributed by atoms with Crippen LogP contribution in [0.1, 0.15) is 38.8 Å². The van der Waals surface area contributed by atoms with Gasteiger partial charge in [0.25, 0.3) is 5.91 Å². The minimum Gasteiger partial charge on any atom is -0.454 e. The van der Waals surface area contributed by atoms with Crippen LogP contribution >= 0.6 is 11.6 Å². The van der Waals surface area contributed by atoms with E-state index in [1.54, 1.807) is 29.8 Å². The smallest absolute Gasteiger partial charge is 0.416 e. The summed E-state index contributed by atoms with van der Waals surface area (Å²) >= 11 is 6.16. The molecule has 1 N–H and O–H groups in total. The molecule has 3 heterocycles. The summed E-state index contributed by atoms with van der Waals surface area (Å²) in [5.74, 6) is 0.150. The zero-order chi connectivity index (χ0) is 23.8. The lowest BCUT2D eigenvalue weighted by Crippen LogP contribution is -2.10. The number of aryl methyl sites for hydroxylation is 1. The first-order valence-corrected chi connectivity index (χ1v) is 10.3. The predicted octanol–water partition coefficient (Wildman–Crippen LogP) is 5.31. The molecular weight excluding hydrogens is 459 g/mol. The quantitative estimate of drug-likeness (QED) is 0.408. The first-order valence-electron chi connectivity index (χ1n) is 9.88. The third-order valence-corrected chi connectivity index (χ3v) is 5.52. The van der Waals surface area contributed by atoms with Gasteiger partial charge in [-0.1, -0.05) is 23.7 Å². The highest BCUT2D eigenvalue weighted by molar-refractivity contribution is 6.31. The maximum absolute atomic E-state index is 12.9. The minimum absolute atomic E-state index is 0.100. The number of carbonyl (C=O) groups is 1. The van der Waals surface area contributed by atoms with Crippen LogP contribution in [0.25, 0.3) is 0 Å². The Morgan fingerprint density at radius 1 is 1.18 bits per heavy atom. The van der Waals surface area contributed by atoms with Crippen LogP contribution in [0.15, 0.2) is 53.2 Å². The normalized spacial score (nSPS) is 11.7. The molecule has 1 amide bonds. The van der Waals surface area contributed by atoms with Crippen molar-refractivity contribution in [3.63, 3.8) is 0 Å². The van der Waals surface area contributed by atoms with E-state index in [1.165, 1.54) is 23.1 Å². The van der Waals surface area contributed by atoms with Crippen molar-refractivity contribution in [2.24, 2.45) is 0 Å². The number of aromatic nitrogens is 4. The third-order valence-electron chi connectivity index (χ3n) is 4.97. The third kappa shape index (κ3) is 5.11. The number of hydrogen-bond donors (Lipinski definition) is 1. The van der Waals surface area contributed by atoms with Crippen molar-refractivity contribution in [2.75, 3.05) is 5.32 Å². The van der Waals surface area contributed by atoms with Crippen LogP contribution in [0.5, 0.6) is 0 Å². The van der Waals surface area contributed by atoms with Crippen LogP contribution in [-0.4, -0.2) is 25.5 Å². The standard InChI is InChI=1S/C22H19ClF3N5O2/c1-13-20(23)14(2)31(29-13)12-18-6-7-19(33-18)21(32)28-17-9-27-30(11-17)10-15-4-3-5-16(8-15)22(24,25)26/h3-9,11H,10,12H2,1-2H3,(H,28,32). The number of nitrogens with one attached hydrogen (secondary N) is 1. The van der Waals surface area contributed by atoms with Crippen LogP contribution < -0.4 is 5.32 Å². The fraction of sp³-hybridized carbons (Fsp3) is 0.227. The maximum atomic E-state index is 12.9. The number of alkyl halides is 3. The summed E-state index contributed by atoms with van der Waals surface area (Å²) in [4.78, 5) is 12.5. The lowest BCUT2D eigenvalue weighted by atomic mass is 10.1. The summed E-state index contributed by atoms with van der Waals surface area (Å²) in [5.41, 5.74) is 1.60. The Bertz CT molecular complexity index is 1310. The minimum atomic E-state index is -4.41. The molecule has 0 unspecified atom stereocenters. The second-order valence-corrected chi connectivity index (χ2v) is 7.87. The summed E-state index contributed by atoms with van der Waals surface area (Å²) in [6, 6.07) is 8.23. The van der Waals surface area contributed by atoms with Gasteiger partial charge in [0.15, 0.2) is 5.76 Å². The zero-order valence-corrected chi connectivity index (χ0v) is 18.4. The molecule has 0 fully saturated rings. The first-order chi connectivity index (χ1) is 15.6. The Labute approximate surface area is 191 Å². The first kappa shape index (κ1) is 22.7. The predicted molar refractivity (Wildman–Crippen MR) is 115 cm³/mol. The van der Waals surface area contributed by atoms with Gasteiger partial charge in [0.1, 0.15) is 5.76 Å². The van der Waals surface area contributed by atoms with Gasteiger partial charge in [-0.05, 0) is 43.7 Å². The number of carbonyl (C=O) groups excluding carboxylic acids is 1. The molecule has 7 nitrogen and oxygen atoms in total. The van der Waals surface area contributed by atoms with Crippen LogP contribution in [0.3, 0.4) is 0 Å². The lowest BCUT2D eigenvalue weighted by Gasteiger charge is -2.08. The van der Waals surface area contributed by atoms with Gasteiger partial charge in [-0.25, -0.2) is 0 Å². The van der Waals surface area contributed by atoms with Crippen molar-refractivity contribution in [2.45, 2.75) is 33.1 Å². The lowest BCUT2D eigenvalue weighted by molar-refractivity contribution is -0.137. The highest BCUT2D eigenvalue weighted by Gasteiger charge is 2.30. The molecule has 0 atom stereocenters. The molecule has 172 valence electrons. The Morgan fingerprint density at radius 2 is 1.97 bits per heavy atom. The van der Waals surface area contributed by atoms with Gasteiger partial charge in [0.05, 0.1) is 46.9 Å². The van der Waals surface area contributed by atoms with Crippen LogP contribution in [0, 0.1) is 13.8 Å². The summed E-state index contributed by atoms with van der Waals surface area (Å²) in [6.07, 6.45) is -1.48. The van der Waals surface area contributed by atoms with Crippen molar-refractivity contribution in [3.05, 3.63) is 87.8 Å². The van der Waals surface area contributed by atoms with Gasteiger partial charge in [0.2, 0.25) is 0 Å². The molecule has 0 radical (unpaired) electrons. The van der Waals surface area contributed by atoms with Crippen molar-refractivity contribution in [3.8, 4) is 0 Å². The van der Waals surface area contributed by atoms with Crippen LogP contribution in [-0.2, 0) is 19.3 Å². The van der Waals surface area contributed by atoms with Crippen LogP contribution in [0.2, 0.25) is 5.02 Å². The molecule has 0 bridgehead atoms. The molecule has 4 rings (SSSR count). The summed E-state index contributed by atoms with van der Waals surface area (Å²) in [7, 11) is 0. The van der Waals surface area contributed by atoms with Gasteiger partial charge in [-0.15, -0.1) is 0 Å². The van der Waals surface area contributed by atoms with E-state index in [4.69, 9.17) is 16.0 Å². The molecule has 0 saturated heterocycles. The van der Waals surface area contributed by atoms with Crippen LogP contribution in [0.4, 0.5) is 18.9 Å². The van der Waals surface area contributed by atoms with Gasteiger partial charge in [0, 0.05) is 6.20 Å². The van der Waals surface area contributed by atoms with E-state index < -0.39 is 17.6 Å². The Kier molecular flexibility index (Phi) is 6.03. The van der Waals surface area contributed by atoms with Gasteiger partial charge >= 0.3 is 6.18 Å². The second kappa shape index (κ2) is 8.78. The molecule has 11 heteroatoms. The van der Waals surface area contributed by atoms with E-state index >= 15 is 0 Å². The van der Waals surface area contributed by atoms with Gasteiger partial charge in [-0.2, -0.15) is 23.4 Å². The zero-order valence-electron chi connectivity index (χ0n) is 17.7. The van der Waals surface area contributed by atoms with Crippen molar-refractivity contribution >= 4 is 23.2 Å². The largest absolute Gasteiger partial charge is 0.454 e. The maximum Gasteiger partial charge on any atom is 0.416 e. The number of furan rings is 1. The van der Waals surface area contributed by atoms with E-state index in [0.29, 0.717) is 34.3 Å². The van der Waals surface area contributed by atoms with Crippen molar-refractivity contribution < 1.29 is 22.4 Å². The number of amides is 1. The molecule has 3 aromatic heterocycles. The Morgan fingerprint density at radius 3 is 2.67 bits per heavy atom. The summed E-state index contributed by atoms with van der Waals surface area (Å²) < 4.78 is 47.4. The number of benzene rings is 1. The summed E-state index contributed by atoms with van der Waals surface area (Å²) in [6.45, 7) is 4.09. The van der Waals surface area contributed by atoms with Crippen molar-refractivity contribution in [1.29, 1.82) is 0 Å². The fourth-order valence-electron chi connectivity index (χ4n) is 3.30. The van der Waals surface area contributed by atoms with Crippen molar-refractivity contribution in [1.82, 2.24) is 19.6 Å². The van der Waals surface area contributed by atoms with E-state index in [-0.39, 0.29) is 12.3 Å². The van der Waals surface area contributed by atoms with E-state index in [9.17, 15) is 18.0 Å². The number of nitrogens with zero attached hydrogens (tertiary/aromatic N) is 4. The van der Waals surface area contributed by atoms with E-state index in [2.05, 4.69) is 15.5 Å². The van der Waals surface area contributed by atoms with E-state index in [1.807, 2.05) is 6.92 Å². The van der Waals surface area contributed by atoms with Gasteiger partial charge in [-0.3, -0.25) is 14.2 Å². The number of halogens is 4. The average Bonchev–Trinajstić information content (AvgIpc) is 3.46. The molecule has 33 heavy (non-hydrogen) atoms. The number of anilines is 1. The van der Waals surface area contributed by atoms with E-state index in [0.717, 1.165) is 17.8 Å². The molecule has 0 spiro atoms. The molecular formula is C22H19ClF3N5O2. The second-order valence-electron chi connectivity index (χ2n) is 7.49. The Balaban J connectivity index is 1.40. The fourth-order valence-corrected chi connectivity index (χ4v) is 3.44. The monoisotopic (exact) mass is 477 g/mol. The Hall–Kier alpha value is -3.53. The highest BCUT2D eigenvalue weighted by Crippen LogP contribution is 2.29. The SMILES string of the molecule is Cc1nn(Cc2ccc(C(=O)Nc3cnn(Cc4cccc(C(F)(F)F)c4)c3)o2)c(C)c1Cl.